The molecule has 0 fully saturated rings. The number of carbonyl (C=O) groups excluding carboxylic acids is 2. The van der Waals surface area contributed by atoms with Gasteiger partial charge in [-0.3, -0.25) is 20.2 Å². The molecule has 42 heavy (non-hydrogen) atoms. The van der Waals surface area contributed by atoms with Crippen LogP contribution in [0.4, 0.5) is 27.5 Å². The van der Waals surface area contributed by atoms with E-state index in [-0.39, 0.29) is 17.4 Å². The molecule has 0 saturated heterocycles. The molecule has 0 aromatic heterocycles. The van der Waals surface area contributed by atoms with Gasteiger partial charge in [0.15, 0.2) is 0 Å². The fraction of sp³-hybridized carbons (Fsp3) is 0.533. The average Bonchev–Trinajstić information content (AvgIpc) is 2.98. The highest BCUT2D eigenvalue weighted by Crippen LogP contribution is 2.17. The molecule has 0 atom stereocenters. The van der Waals surface area contributed by atoms with Crippen molar-refractivity contribution in [2.75, 3.05) is 18.4 Å². The van der Waals surface area contributed by atoms with Gasteiger partial charge in [0.1, 0.15) is 0 Å². The van der Waals surface area contributed by atoms with E-state index in [9.17, 15) is 29.8 Å². The van der Waals surface area contributed by atoms with Gasteiger partial charge in [0.25, 0.3) is 11.4 Å². The number of anilines is 1. The van der Waals surface area contributed by atoms with Crippen LogP contribution in [0.2, 0.25) is 0 Å². The van der Waals surface area contributed by atoms with Crippen molar-refractivity contribution in [2.45, 2.75) is 90.9 Å². The predicted molar refractivity (Wildman–Crippen MR) is 167 cm³/mol. The largest absolute Gasteiger partial charge is 0.338 e. The lowest BCUT2D eigenvalue weighted by molar-refractivity contribution is -0.385. The number of isocyanates is 1. The second-order valence-electron chi connectivity index (χ2n) is 9.49. The molecule has 4 N–H and O–H groups in total. The van der Waals surface area contributed by atoms with E-state index in [1.807, 2.05) is 0 Å². The van der Waals surface area contributed by atoms with Crippen molar-refractivity contribution in [3.8, 4) is 0 Å². The number of carbonyl (C=O) groups is 1. The lowest BCUT2D eigenvalue weighted by Gasteiger charge is -2.07. The van der Waals surface area contributed by atoms with E-state index in [0.29, 0.717) is 17.9 Å². The lowest BCUT2D eigenvalue weighted by Crippen LogP contribution is -2.29. The molecule has 0 saturated carbocycles. The van der Waals surface area contributed by atoms with Crippen molar-refractivity contribution in [1.29, 1.82) is 0 Å². The zero-order chi connectivity index (χ0) is 31.4. The molecular formula is C30H46N6O6. The number of nitrogens with zero attached hydrogens (tertiary/aromatic N) is 3. The summed E-state index contributed by atoms with van der Waals surface area (Å²) in [7, 11) is 0. The third kappa shape index (κ3) is 20.7. The van der Waals surface area contributed by atoms with Gasteiger partial charge in [-0.2, -0.15) is 4.99 Å². The van der Waals surface area contributed by atoms with Gasteiger partial charge in [-0.05, 0) is 43.7 Å². The van der Waals surface area contributed by atoms with Crippen molar-refractivity contribution >= 4 is 34.9 Å². The van der Waals surface area contributed by atoms with E-state index in [1.165, 1.54) is 119 Å². The van der Waals surface area contributed by atoms with E-state index in [2.05, 4.69) is 29.5 Å². The summed E-state index contributed by atoms with van der Waals surface area (Å²) in [6.45, 7) is 5.93. The number of benzene rings is 2. The van der Waals surface area contributed by atoms with Crippen LogP contribution in [0.5, 0.6) is 0 Å². The molecule has 0 aliphatic carbocycles. The summed E-state index contributed by atoms with van der Waals surface area (Å²) in [6.07, 6.45) is 16.4. The minimum atomic E-state index is -0.519. The molecule has 2 aromatic carbocycles. The standard InChI is InChI=1S/C15H23N3O3.C8H19N.C7H4N2O3/c1-2-3-4-5-6-7-12-16-15(19)17-13-8-10-14(11-9-13)18(20)21;1-2-3-4-5-6-7-8-9;10-5-8-6-1-3-7(4-2-6)9(11)12/h8-11H,2-7,12H2,1H3,(H2,16,17,19);2-9H2,1H3;1-4H. The number of aliphatic imine (C=N–C) groups is 1. The Hall–Kier alpha value is -4.15. The Bertz CT molecular complexity index is 1030. The van der Waals surface area contributed by atoms with E-state index < -0.39 is 9.85 Å². The van der Waals surface area contributed by atoms with Crippen LogP contribution in [-0.4, -0.2) is 35.0 Å². The second-order valence-corrected chi connectivity index (χ2v) is 9.49. The zero-order valence-electron chi connectivity index (χ0n) is 24.9. The van der Waals surface area contributed by atoms with Crippen molar-refractivity contribution in [3.63, 3.8) is 0 Å². The summed E-state index contributed by atoms with van der Waals surface area (Å²) in [5.74, 6) is 0. The Balaban J connectivity index is 0.000000673. The van der Waals surface area contributed by atoms with Gasteiger partial charge in [0.05, 0.1) is 15.5 Å². The van der Waals surface area contributed by atoms with Gasteiger partial charge in [-0.1, -0.05) is 78.1 Å². The molecule has 0 radical (unpaired) electrons. The molecule has 0 aliphatic heterocycles. The number of non-ortho nitro benzene ring substituents is 2. The van der Waals surface area contributed by atoms with E-state index >= 15 is 0 Å². The highest BCUT2D eigenvalue weighted by Gasteiger charge is 2.06. The van der Waals surface area contributed by atoms with E-state index in [1.54, 1.807) is 0 Å². The summed E-state index contributed by atoms with van der Waals surface area (Å²) in [5, 5.41) is 26.1. The van der Waals surface area contributed by atoms with Crippen molar-refractivity contribution in [2.24, 2.45) is 10.7 Å². The number of nitrogens with one attached hydrogen (secondary N) is 2. The number of nitrogens with two attached hydrogens (primary N) is 1. The molecule has 0 bridgehead atoms. The number of hydrogen-bond donors (Lipinski definition) is 3. The van der Waals surface area contributed by atoms with Gasteiger partial charge in [0, 0.05) is 36.5 Å². The van der Waals surface area contributed by atoms with Crippen LogP contribution in [0, 0.1) is 20.2 Å². The van der Waals surface area contributed by atoms with Crippen molar-refractivity contribution < 1.29 is 19.4 Å². The molecule has 0 unspecified atom stereocenters. The topological polar surface area (TPSA) is 183 Å². The molecule has 2 amide bonds. The number of amides is 2. The molecule has 232 valence electrons. The van der Waals surface area contributed by atoms with Crippen LogP contribution < -0.4 is 16.4 Å². The smallest absolute Gasteiger partial charge is 0.319 e. The minimum Gasteiger partial charge on any atom is -0.338 e. The summed E-state index contributed by atoms with van der Waals surface area (Å²) in [6, 6.07) is 10.8. The molecule has 0 spiro atoms. The first-order valence-electron chi connectivity index (χ1n) is 14.6. The quantitative estimate of drug-likeness (QED) is 0.0552. The summed E-state index contributed by atoms with van der Waals surface area (Å²) in [4.78, 5) is 44.3. The van der Waals surface area contributed by atoms with Crippen LogP contribution in [-0.2, 0) is 4.79 Å². The molecule has 0 aliphatic rings. The molecule has 12 heteroatoms. The van der Waals surface area contributed by atoms with Crippen LogP contribution in [0.15, 0.2) is 53.5 Å². The third-order valence-electron chi connectivity index (χ3n) is 5.94. The maximum atomic E-state index is 11.6. The van der Waals surface area contributed by atoms with Gasteiger partial charge in [-0.25, -0.2) is 9.59 Å². The molecule has 0 heterocycles. The fourth-order valence-corrected chi connectivity index (χ4v) is 3.58. The number of unbranched alkanes of at least 4 members (excludes halogenated alkanes) is 10. The number of nitro groups is 2. The maximum absolute atomic E-state index is 11.6. The Morgan fingerprint density at radius 1 is 0.762 bits per heavy atom. The number of rotatable bonds is 17. The van der Waals surface area contributed by atoms with Crippen LogP contribution >= 0.6 is 0 Å². The number of hydrogen-bond acceptors (Lipinski definition) is 8. The summed E-state index contributed by atoms with van der Waals surface area (Å²) in [5.41, 5.74) is 6.22. The first kappa shape index (κ1) is 37.9. The lowest BCUT2D eigenvalue weighted by atomic mass is 10.1. The molecule has 12 nitrogen and oxygen atoms in total. The highest BCUT2D eigenvalue weighted by molar-refractivity contribution is 5.89. The van der Waals surface area contributed by atoms with Crippen molar-refractivity contribution in [1.82, 2.24) is 5.32 Å². The monoisotopic (exact) mass is 586 g/mol. The number of urea groups is 1. The molecule has 2 aromatic rings. The van der Waals surface area contributed by atoms with Crippen LogP contribution in [0.25, 0.3) is 0 Å². The maximum Gasteiger partial charge on any atom is 0.319 e. The van der Waals surface area contributed by atoms with Gasteiger partial charge in [0.2, 0.25) is 6.08 Å². The first-order valence-corrected chi connectivity index (χ1v) is 14.6. The van der Waals surface area contributed by atoms with E-state index in [0.717, 1.165) is 19.4 Å². The van der Waals surface area contributed by atoms with Crippen LogP contribution in [0.1, 0.15) is 90.9 Å². The molecular weight excluding hydrogens is 540 g/mol. The minimum absolute atomic E-state index is 0.00744. The van der Waals surface area contributed by atoms with Crippen molar-refractivity contribution in [3.05, 3.63) is 68.8 Å². The second kappa shape index (κ2) is 25.8. The normalized spacial score (nSPS) is 9.69. The Labute approximate surface area is 248 Å². The molecule has 2 rings (SSSR count). The Kier molecular flexibility index (Phi) is 23.2. The summed E-state index contributed by atoms with van der Waals surface area (Å²) >= 11 is 0. The highest BCUT2D eigenvalue weighted by atomic mass is 16.6. The summed E-state index contributed by atoms with van der Waals surface area (Å²) < 4.78 is 0. The first-order chi connectivity index (χ1) is 20.3. The zero-order valence-corrected chi connectivity index (χ0v) is 24.9. The third-order valence-corrected chi connectivity index (χ3v) is 5.94. The average molecular weight is 587 g/mol. The van der Waals surface area contributed by atoms with Gasteiger partial charge >= 0.3 is 6.03 Å². The predicted octanol–water partition coefficient (Wildman–Crippen LogP) is 7.94. The van der Waals surface area contributed by atoms with Gasteiger partial charge < -0.3 is 16.4 Å². The van der Waals surface area contributed by atoms with Gasteiger partial charge in [-0.15, -0.1) is 0 Å². The van der Waals surface area contributed by atoms with E-state index in [4.69, 9.17) is 5.73 Å². The Morgan fingerprint density at radius 2 is 1.21 bits per heavy atom. The van der Waals surface area contributed by atoms with Crippen LogP contribution in [0.3, 0.4) is 0 Å². The SMILES string of the molecule is CCCCCCCCN.CCCCCCCCNC(=O)Nc1ccc([N+](=O)[O-])cc1.O=C=Nc1ccc([N+](=O)[O-])cc1. The number of nitro benzene ring substituents is 2. The fourth-order valence-electron chi connectivity index (χ4n) is 3.58. The Morgan fingerprint density at radius 3 is 1.67 bits per heavy atom.